The maximum atomic E-state index is 11.5. The Balaban J connectivity index is 0.00000507. The first kappa shape index (κ1) is 34.1. The first-order valence-corrected chi connectivity index (χ1v) is 11.5. The van der Waals surface area contributed by atoms with Gasteiger partial charge in [0.15, 0.2) is 25.0 Å². The van der Waals surface area contributed by atoms with Crippen molar-refractivity contribution >= 4 is 35.5 Å². The molecule has 3 saturated heterocycles. The second-order valence-electron chi connectivity index (χ2n) is 8.92. The van der Waals surface area contributed by atoms with E-state index in [1.54, 1.807) is 0 Å². The number of aliphatic hydroxyl groups is 10. The van der Waals surface area contributed by atoms with Crippen LogP contribution in [0.4, 0.5) is 0 Å². The predicted molar refractivity (Wildman–Crippen MR) is 118 cm³/mol. The van der Waals surface area contributed by atoms with Gasteiger partial charge in [-0.15, -0.1) is 0 Å². The van der Waals surface area contributed by atoms with Crippen molar-refractivity contribution in [3.05, 3.63) is 0 Å². The number of carbonyl (C=O) groups excluding carboxylic acids is 1. The van der Waals surface area contributed by atoms with Gasteiger partial charge in [0.1, 0.15) is 67.1 Å². The van der Waals surface area contributed by atoms with Gasteiger partial charge in [0.25, 0.3) is 0 Å². The van der Waals surface area contributed by atoms with Crippen LogP contribution in [0.5, 0.6) is 0 Å². The normalized spacial score (nSPS) is 47.7. The van der Waals surface area contributed by atoms with Gasteiger partial charge in [-0.1, -0.05) is 0 Å². The molecule has 0 radical (unpaired) electrons. The van der Waals surface area contributed by atoms with Gasteiger partial charge in [-0.3, -0.25) is 4.79 Å². The molecule has 10 N–H and O–H groups in total. The number of aliphatic hydroxyl groups excluding tert-OH is 10. The fourth-order valence-electron chi connectivity index (χ4n) is 4.36. The molecule has 0 aromatic rings. The van der Waals surface area contributed by atoms with Crippen molar-refractivity contribution in [3.63, 3.8) is 0 Å². The number of hydrogen-bond donors (Lipinski definition) is 10. The Labute approximate surface area is 238 Å². The van der Waals surface area contributed by atoms with Crippen LogP contribution in [0.25, 0.3) is 0 Å². The van der Waals surface area contributed by atoms with Gasteiger partial charge in [-0.05, 0) is 0 Å². The summed E-state index contributed by atoms with van der Waals surface area (Å²) < 4.78 is 31.8. The van der Waals surface area contributed by atoms with Crippen LogP contribution in [-0.4, -0.2) is 199 Å². The molecular formula is C20H35NaO17. The zero-order valence-electron chi connectivity index (χ0n) is 19.6. The van der Waals surface area contributed by atoms with Crippen molar-refractivity contribution in [2.75, 3.05) is 19.8 Å². The van der Waals surface area contributed by atoms with Gasteiger partial charge in [0, 0.05) is 6.92 Å². The van der Waals surface area contributed by atoms with E-state index < -0.39 is 118 Å². The molecule has 3 aliphatic rings. The van der Waals surface area contributed by atoms with Crippen molar-refractivity contribution in [2.45, 2.75) is 99.0 Å². The summed E-state index contributed by atoms with van der Waals surface area (Å²) in [5.74, 6) is -0.887. The van der Waals surface area contributed by atoms with Crippen LogP contribution in [0.15, 0.2) is 0 Å². The minimum atomic E-state index is -1.94. The van der Waals surface area contributed by atoms with Crippen molar-refractivity contribution < 1.29 is 84.3 Å². The van der Waals surface area contributed by atoms with E-state index in [4.69, 9.17) is 28.4 Å². The molecule has 0 aliphatic carbocycles. The standard InChI is InChI=1S/C20H34O17.Na.H/c1-5(24)32-17-10(26)9(25)6(2-21)34-20(17)37-16-8(4-23)35-19(14(30)12(16)28)36-15-7(3-22)33-18(31)13(29)11(15)27;;/h6-23,25-31H,2-4H2,1H3;;/t6-,7-,8-,9-,10+,11-,12-,13-,14-,15-,16-,17-,18?,19-,20-;;/m1../s1. The Morgan fingerprint density at radius 1 is 0.605 bits per heavy atom. The average Bonchev–Trinajstić information content (AvgIpc) is 2.87. The summed E-state index contributed by atoms with van der Waals surface area (Å²) in [6, 6.07) is 0. The number of esters is 1. The molecule has 0 saturated carbocycles. The molecule has 18 heteroatoms. The summed E-state index contributed by atoms with van der Waals surface area (Å²) in [7, 11) is 0. The molecule has 17 nitrogen and oxygen atoms in total. The van der Waals surface area contributed by atoms with Crippen LogP contribution in [-0.2, 0) is 33.2 Å². The molecule has 38 heavy (non-hydrogen) atoms. The summed E-state index contributed by atoms with van der Waals surface area (Å²) in [6.07, 6.45) is -25.3. The summed E-state index contributed by atoms with van der Waals surface area (Å²) >= 11 is 0. The Morgan fingerprint density at radius 3 is 1.58 bits per heavy atom. The molecule has 3 rings (SSSR count). The summed E-state index contributed by atoms with van der Waals surface area (Å²) in [5, 5.41) is 100. The number of ether oxygens (including phenoxy) is 6. The Kier molecular flexibility index (Phi) is 13.2. The number of hydrogen-bond acceptors (Lipinski definition) is 17. The first-order valence-electron chi connectivity index (χ1n) is 11.5. The van der Waals surface area contributed by atoms with E-state index in [1.165, 1.54) is 0 Å². The van der Waals surface area contributed by atoms with Gasteiger partial charge in [0.2, 0.25) is 0 Å². The van der Waals surface area contributed by atoms with Crippen molar-refractivity contribution in [3.8, 4) is 0 Å². The van der Waals surface area contributed by atoms with Crippen LogP contribution < -0.4 is 0 Å². The Hall–Kier alpha value is -0.130. The van der Waals surface area contributed by atoms with E-state index in [-0.39, 0.29) is 29.6 Å². The summed E-state index contributed by atoms with van der Waals surface area (Å²) in [5.41, 5.74) is 0. The molecule has 3 heterocycles. The fraction of sp³-hybridized carbons (Fsp3) is 0.950. The first-order chi connectivity index (χ1) is 17.4. The molecule has 0 aromatic heterocycles. The predicted octanol–water partition coefficient (Wildman–Crippen LogP) is -7.65. The van der Waals surface area contributed by atoms with E-state index >= 15 is 0 Å². The topological polar surface area (TPSA) is 275 Å². The van der Waals surface area contributed by atoms with E-state index in [2.05, 4.69) is 0 Å². The zero-order chi connectivity index (χ0) is 27.6. The average molecular weight is 570 g/mol. The van der Waals surface area contributed by atoms with Gasteiger partial charge >= 0.3 is 35.5 Å². The third-order valence-electron chi connectivity index (χ3n) is 6.37. The van der Waals surface area contributed by atoms with E-state index in [9.17, 15) is 55.9 Å². The Morgan fingerprint density at radius 2 is 1.05 bits per heavy atom. The van der Waals surface area contributed by atoms with Gasteiger partial charge in [-0.25, -0.2) is 0 Å². The van der Waals surface area contributed by atoms with Crippen LogP contribution in [0, 0.1) is 0 Å². The number of rotatable bonds is 8. The van der Waals surface area contributed by atoms with Crippen molar-refractivity contribution in [1.82, 2.24) is 0 Å². The SMILES string of the molecule is CC(=O)O[C@H]1[C@@H](O[C@H]2[C@H](O)[C@@H](O)[C@@H](O[C@H]3[C@H](O)[C@@H](O)C(O)O[C@@H]3CO)O[C@@H]2CO)O[C@H](CO)[C@@H](O)[C@@H]1O.[NaH]. The van der Waals surface area contributed by atoms with E-state index in [0.29, 0.717) is 0 Å². The number of carbonyl (C=O) groups is 1. The molecule has 15 atom stereocenters. The van der Waals surface area contributed by atoms with E-state index in [0.717, 1.165) is 6.92 Å². The molecule has 3 fully saturated rings. The van der Waals surface area contributed by atoms with E-state index in [1.807, 2.05) is 0 Å². The summed E-state index contributed by atoms with van der Waals surface area (Å²) in [4.78, 5) is 11.5. The fourth-order valence-corrected chi connectivity index (χ4v) is 4.36. The monoisotopic (exact) mass is 570 g/mol. The second kappa shape index (κ2) is 14.7. The molecule has 0 amide bonds. The zero-order valence-corrected chi connectivity index (χ0v) is 19.6. The van der Waals surface area contributed by atoms with Gasteiger partial charge in [0.05, 0.1) is 19.8 Å². The molecular weight excluding hydrogens is 535 g/mol. The van der Waals surface area contributed by atoms with Gasteiger partial charge < -0.3 is 79.5 Å². The van der Waals surface area contributed by atoms with Crippen molar-refractivity contribution in [2.24, 2.45) is 0 Å². The summed E-state index contributed by atoms with van der Waals surface area (Å²) in [6.45, 7) is -1.38. The second-order valence-corrected chi connectivity index (χ2v) is 8.92. The third-order valence-corrected chi connectivity index (χ3v) is 6.37. The minimum absolute atomic E-state index is 0. The Bertz CT molecular complexity index is 744. The van der Waals surface area contributed by atoms with Crippen LogP contribution in [0.2, 0.25) is 0 Å². The van der Waals surface area contributed by atoms with Crippen molar-refractivity contribution in [1.29, 1.82) is 0 Å². The molecule has 3 aliphatic heterocycles. The van der Waals surface area contributed by atoms with Crippen LogP contribution in [0.3, 0.4) is 0 Å². The van der Waals surface area contributed by atoms with Crippen LogP contribution >= 0.6 is 0 Å². The molecule has 0 spiro atoms. The third kappa shape index (κ3) is 7.19. The molecule has 0 aromatic carbocycles. The molecule has 1 unspecified atom stereocenters. The van der Waals surface area contributed by atoms with Crippen LogP contribution in [0.1, 0.15) is 6.92 Å². The molecule has 218 valence electrons. The maximum absolute atomic E-state index is 11.5. The van der Waals surface area contributed by atoms with Gasteiger partial charge in [-0.2, -0.15) is 0 Å². The quantitative estimate of drug-likeness (QED) is 0.0958. The molecule has 0 bridgehead atoms.